The number of carbonyl (C=O) groups excluding carboxylic acids is 1. The van der Waals surface area contributed by atoms with Gasteiger partial charge in [0, 0.05) is 45.1 Å². The van der Waals surface area contributed by atoms with Gasteiger partial charge in [-0.05, 0) is 19.3 Å². The Labute approximate surface area is 126 Å². The van der Waals surface area contributed by atoms with E-state index < -0.39 is 0 Å². The number of nitrogens with zero attached hydrogens (tertiary/aromatic N) is 3. The number of hydrogen-bond donors (Lipinski definition) is 2. The standard InChI is InChI=1S/C15H27N5O/c1-3-7-20-10-6-17-14(20)11-18-13-4-8-19(9-5-13)12-15(21)16-2/h6,10,13,18H,3-5,7-9,11-12H2,1-2H3,(H,16,21). The first kappa shape index (κ1) is 16.0. The van der Waals surface area contributed by atoms with Crippen LogP contribution in [0.15, 0.2) is 12.4 Å². The molecule has 0 bridgehead atoms. The summed E-state index contributed by atoms with van der Waals surface area (Å²) in [6.45, 7) is 6.52. The Morgan fingerprint density at radius 1 is 1.43 bits per heavy atom. The Bertz CT molecular complexity index is 437. The monoisotopic (exact) mass is 293 g/mol. The van der Waals surface area contributed by atoms with Gasteiger partial charge in [-0.25, -0.2) is 4.98 Å². The second-order valence-electron chi connectivity index (χ2n) is 5.64. The number of amides is 1. The van der Waals surface area contributed by atoms with Crippen molar-refractivity contribution in [1.29, 1.82) is 0 Å². The van der Waals surface area contributed by atoms with Crippen LogP contribution in [0.25, 0.3) is 0 Å². The number of rotatable bonds is 7. The SMILES string of the molecule is CCCn1ccnc1CNC1CCN(CC(=O)NC)CC1. The summed E-state index contributed by atoms with van der Waals surface area (Å²) in [6.07, 6.45) is 7.23. The van der Waals surface area contributed by atoms with E-state index in [-0.39, 0.29) is 5.91 Å². The number of aromatic nitrogens is 2. The first-order valence-corrected chi connectivity index (χ1v) is 7.89. The molecule has 0 saturated carbocycles. The second-order valence-corrected chi connectivity index (χ2v) is 5.64. The van der Waals surface area contributed by atoms with E-state index in [9.17, 15) is 4.79 Å². The maximum Gasteiger partial charge on any atom is 0.233 e. The predicted molar refractivity (Wildman–Crippen MR) is 82.9 cm³/mol. The molecular formula is C15H27N5O. The molecule has 0 spiro atoms. The molecule has 1 saturated heterocycles. The Kier molecular flexibility index (Phi) is 6.20. The molecule has 1 fully saturated rings. The predicted octanol–water partition coefficient (Wildman–Crippen LogP) is 0.593. The molecule has 1 aromatic rings. The lowest BCUT2D eigenvalue weighted by atomic mass is 10.1. The van der Waals surface area contributed by atoms with Gasteiger partial charge in [0.25, 0.3) is 0 Å². The van der Waals surface area contributed by atoms with Crippen LogP contribution in [0.3, 0.4) is 0 Å². The lowest BCUT2D eigenvalue weighted by molar-refractivity contribution is -0.122. The molecule has 0 aromatic carbocycles. The van der Waals surface area contributed by atoms with E-state index in [4.69, 9.17) is 0 Å². The third kappa shape index (κ3) is 4.82. The molecule has 6 nitrogen and oxygen atoms in total. The fourth-order valence-corrected chi connectivity index (χ4v) is 2.76. The molecule has 118 valence electrons. The summed E-state index contributed by atoms with van der Waals surface area (Å²) in [5.74, 6) is 1.22. The molecule has 0 aliphatic carbocycles. The second kappa shape index (κ2) is 8.14. The van der Waals surface area contributed by atoms with E-state index >= 15 is 0 Å². The number of likely N-dealkylation sites (N-methyl/N-ethyl adjacent to an activating group) is 1. The van der Waals surface area contributed by atoms with Crippen LogP contribution in [-0.2, 0) is 17.9 Å². The van der Waals surface area contributed by atoms with E-state index in [0.717, 1.165) is 51.3 Å². The zero-order valence-electron chi connectivity index (χ0n) is 13.1. The molecule has 21 heavy (non-hydrogen) atoms. The van der Waals surface area contributed by atoms with Crippen molar-refractivity contribution < 1.29 is 4.79 Å². The third-order valence-corrected chi connectivity index (χ3v) is 4.05. The smallest absolute Gasteiger partial charge is 0.233 e. The van der Waals surface area contributed by atoms with Gasteiger partial charge >= 0.3 is 0 Å². The number of hydrogen-bond acceptors (Lipinski definition) is 4. The fraction of sp³-hybridized carbons (Fsp3) is 0.733. The highest BCUT2D eigenvalue weighted by Gasteiger charge is 2.20. The molecule has 2 rings (SSSR count). The van der Waals surface area contributed by atoms with Gasteiger partial charge in [0.2, 0.25) is 5.91 Å². The molecular weight excluding hydrogens is 266 g/mol. The molecule has 1 aromatic heterocycles. The summed E-state index contributed by atoms with van der Waals surface area (Å²) in [6, 6.07) is 0.526. The number of imidazole rings is 1. The van der Waals surface area contributed by atoms with E-state index in [1.54, 1.807) is 7.05 Å². The van der Waals surface area contributed by atoms with Crippen LogP contribution in [0.4, 0.5) is 0 Å². The zero-order valence-corrected chi connectivity index (χ0v) is 13.1. The average molecular weight is 293 g/mol. The summed E-state index contributed by atoms with van der Waals surface area (Å²) in [5.41, 5.74) is 0. The Morgan fingerprint density at radius 2 is 2.19 bits per heavy atom. The highest BCUT2D eigenvalue weighted by Crippen LogP contribution is 2.11. The van der Waals surface area contributed by atoms with Gasteiger partial charge in [0.15, 0.2) is 0 Å². The van der Waals surface area contributed by atoms with E-state index in [0.29, 0.717) is 12.6 Å². The average Bonchev–Trinajstić information content (AvgIpc) is 2.94. The maximum atomic E-state index is 11.4. The highest BCUT2D eigenvalue weighted by molar-refractivity contribution is 5.77. The minimum Gasteiger partial charge on any atom is -0.358 e. The maximum absolute atomic E-state index is 11.4. The normalized spacial score (nSPS) is 17.0. The van der Waals surface area contributed by atoms with Crippen LogP contribution in [-0.4, -0.2) is 53.1 Å². The third-order valence-electron chi connectivity index (χ3n) is 4.05. The number of carbonyl (C=O) groups is 1. The Hall–Kier alpha value is -1.40. The van der Waals surface area contributed by atoms with Crippen molar-refractivity contribution >= 4 is 5.91 Å². The van der Waals surface area contributed by atoms with Crippen molar-refractivity contribution in [3.05, 3.63) is 18.2 Å². The van der Waals surface area contributed by atoms with Crippen molar-refractivity contribution in [2.75, 3.05) is 26.7 Å². The van der Waals surface area contributed by atoms with E-state index in [2.05, 4.69) is 32.0 Å². The van der Waals surface area contributed by atoms with Gasteiger partial charge in [-0.2, -0.15) is 0 Å². The first-order chi connectivity index (χ1) is 10.2. The molecule has 1 aliphatic rings. The molecule has 0 atom stereocenters. The molecule has 1 aliphatic heterocycles. The van der Waals surface area contributed by atoms with Crippen LogP contribution >= 0.6 is 0 Å². The topological polar surface area (TPSA) is 62.2 Å². The van der Waals surface area contributed by atoms with Crippen LogP contribution in [0, 0.1) is 0 Å². The quantitative estimate of drug-likeness (QED) is 0.772. The van der Waals surface area contributed by atoms with E-state index in [1.165, 1.54) is 0 Å². The minimum absolute atomic E-state index is 0.100. The number of likely N-dealkylation sites (tertiary alicyclic amines) is 1. The van der Waals surface area contributed by atoms with Crippen molar-refractivity contribution in [2.45, 2.75) is 45.3 Å². The van der Waals surface area contributed by atoms with Crippen LogP contribution < -0.4 is 10.6 Å². The van der Waals surface area contributed by atoms with Gasteiger partial charge in [-0.15, -0.1) is 0 Å². The largest absolute Gasteiger partial charge is 0.358 e. The molecule has 2 N–H and O–H groups in total. The van der Waals surface area contributed by atoms with Crippen molar-refractivity contribution in [1.82, 2.24) is 25.1 Å². The zero-order chi connectivity index (χ0) is 15.1. The summed E-state index contributed by atoms with van der Waals surface area (Å²) in [4.78, 5) is 18.0. The minimum atomic E-state index is 0.100. The van der Waals surface area contributed by atoms with Gasteiger partial charge in [-0.3, -0.25) is 9.69 Å². The van der Waals surface area contributed by atoms with Crippen molar-refractivity contribution in [3.8, 4) is 0 Å². The molecule has 6 heteroatoms. The van der Waals surface area contributed by atoms with Crippen molar-refractivity contribution in [3.63, 3.8) is 0 Å². The van der Waals surface area contributed by atoms with E-state index in [1.807, 2.05) is 12.4 Å². The molecule has 1 amide bonds. The number of aryl methyl sites for hydroxylation is 1. The lowest BCUT2D eigenvalue weighted by Gasteiger charge is -2.31. The summed E-state index contributed by atoms with van der Waals surface area (Å²) in [5, 5.41) is 6.28. The fourth-order valence-electron chi connectivity index (χ4n) is 2.76. The van der Waals surface area contributed by atoms with Crippen LogP contribution in [0.5, 0.6) is 0 Å². The summed E-state index contributed by atoms with van der Waals surface area (Å²) < 4.78 is 2.22. The molecule has 0 radical (unpaired) electrons. The number of piperidine rings is 1. The molecule has 2 heterocycles. The summed E-state index contributed by atoms with van der Waals surface area (Å²) in [7, 11) is 1.69. The Balaban J connectivity index is 1.71. The number of nitrogens with one attached hydrogen (secondary N) is 2. The molecule has 0 unspecified atom stereocenters. The van der Waals surface area contributed by atoms with Gasteiger partial charge in [0.1, 0.15) is 5.82 Å². The van der Waals surface area contributed by atoms with Crippen LogP contribution in [0.1, 0.15) is 32.0 Å². The van der Waals surface area contributed by atoms with Crippen molar-refractivity contribution in [2.24, 2.45) is 0 Å². The van der Waals surface area contributed by atoms with Gasteiger partial charge in [-0.1, -0.05) is 6.92 Å². The summed E-state index contributed by atoms with van der Waals surface area (Å²) >= 11 is 0. The lowest BCUT2D eigenvalue weighted by Crippen LogP contribution is -2.45. The Morgan fingerprint density at radius 3 is 2.86 bits per heavy atom. The first-order valence-electron chi connectivity index (χ1n) is 7.89. The van der Waals surface area contributed by atoms with Gasteiger partial charge in [0.05, 0.1) is 13.1 Å². The van der Waals surface area contributed by atoms with Crippen LogP contribution in [0.2, 0.25) is 0 Å². The van der Waals surface area contributed by atoms with Gasteiger partial charge < -0.3 is 15.2 Å². The highest BCUT2D eigenvalue weighted by atomic mass is 16.1.